The van der Waals surface area contributed by atoms with Gasteiger partial charge < -0.3 is 20.8 Å². The molecule has 0 aliphatic heterocycles. The number of para-hydroxylation sites is 1. The van der Waals surface area contributed by atoms with E-state index in [2.05, 4.69) is 33.1 Å². The van der Waals surface area contributed by atoms with E-state index in [1.807, 2.05) is 0 Å². The van der Waals surface area contributed by atoms with Crippen molar-refractivity contribution in [1.82, 2.24) is 5.32 Å². The van der Waals surface area contributed by atoms with Crippen LogP contribution in [-0.2, 0) is 0 Å². The first-order valence-electron chi connectivity index (χ1n) is 4.85. The number of carbonyl (C=O) groups excluding carboxylic acids is 1. The second-order valence-electron chi connectivity index (χ2n) is 3.33. The normalized spacial score (nSPS) is 9.61. The molecule has 0 spiro atoms. The molecule has 6 nitrogen and oxygen atoms in total. The molecule has 0 bridgehead atoms. The van der Waals surface area contributed by atoms with Crippen LogP contribution in [0, 0.1) is 0 Å². The molecule has 0 unspecified atom stereocenters. The second kappa shape index (κ2) is 6.06. The minimum Gasteiger partial charge on any atom is -0.505 e. The molecule has 0 fully saturated rings. The Hall–Kier alpha value is -2.02. The second-order valence-corrected chi connectivity index (χ2v) is 4.45. The van der Waals surface area contributed by atoms with Crippen LogP contribution in [0.4, 0.5) is 10.5 Å². The molecular weight excluding hydrogens is 304 g/mol. The number of nitrogens with one attached hydrogen (secondary N) is 2. The zero-order valence-electron chi connectivity index (χ0n) is 9.24. The molecule has 2 amide bonds. The van der Waals surface area contributed by atoms with Crippen molar-refractivity contribution in [1.29, 1.82) is 0 Å². The van der Waals surface area contributed by atoms with Crippen molar-refractivity contribution in [2.45, 2.75) is 0 Å². The molecule has 1 rings (SSSR count). The van der Waals surface area contributed by atoms with E-state index in [-0.39, 0.29) is 17.8 Å². The fourth-order valence-electron chi connectivity index (χ4n) is 1.16. The number of hydrogen-bond acceptors (Lipinski definition) is 3. The number of halogens is 1. The maximum Gasteiger partial charge on any atom is 0.339 e. The van der Waals surface area contributed by atoms with E-state index in [0.717, 1.165) is 0 Å². The number of hydrogen-bond donors (Lipinski definition) is 4. The van der Waals surface area contributed by atoms with Crippen molar-refractivity contribution in [2.24, 2.45) is 0 Å². The van der Waals surface area contributed by atoms with Gasteiger partial charge in [-0.2, -0.15) is 0 Å². The van der Waals surface area contributed by atoms with Crippen LogP contribution in [0.1, 0.15) is 10.4 Å². The molecular formula is C11H11BrN2O4. The molecule has 7 heteroatoms. The number of urea groups is 1. The molecule has 0 saturated carbocycles. The number of rotatable bonds is 4. The van der Waals surface area contributed by atoms with Crippen molar-refractivity contribution in [3.63, 3.8) is 0 Å². The summed E-state index contributed by atoms with van der Waals surface area (Å²) in [5, 5.41) is 23.2. The van der Waals surface area contributed by atoms with Crippen molar-refractivity contribution in [2.75, 3.05) is 11.9 Å². The quantitative estimate of drug-likeness (QED) is 0.640. The lowest BCUT2D eigenvalue weighted by Crippen LogP contribution is -2.29. The van der Waals surface area contributed by atoms with Crippen molar-refractivity contribution in [3.05, 3.63) is 34.8 Å². The molecule has 1 aromatic carbocycles. The topological polar surface area (TPSA) is 98.7 Å². The average molecular weight is 315 g/mol. The molecule has 1 aromatic rings. The Morgan fingerprint density at radius 1 is 1.39 bits per heavy atom. The molecule has 96 valence electrons. The van der Waals surface area contributed by atoms with Crippen molar-refractivity contribution < 1.29 is 19.8 Å². The molecule has 0 radical (unpaired) electrons. The minimum atomic E-state index is -1.27. The molecule has 0 atom stereocenters. The van der Waals surface area contributed by atoms with Crippen LogP contribution in [0.5, 0.6) is 5.75 Å². The van der Waals surface area contributed by atoms with E-state index in [9.17, 15) is 14.7 Å². The lowest BCUT2D eigenvalue weighted by molar-refractivity contribution is 0.0694. The number of carboxylic acid groups (broad SMARTS) is 1. The smallest absolute Gasteiger partial charge is 0.339 e. The molecule has 0 saturated heterocycles. The molecule has 0 aliphatic carbocycles. The van der Waals surface area contributed by atoms with Gasteiger partial charge in [0.25, 0.3) is 0 Å². The molecule has 0 heterocycles. The zero-order valence-corrected chi connectivity index (χ0v) is 10.8. The van der Waals surface area contributed by atoms with Crippen LogP contribution in [-0.4, -0.2) is 28.8 Å². The minimum absolute atomic E-state index is 0.0209. The number of carboxylic acids is 1. The Balaban J connectivity index is 2.79. The van der Waals surface area contributed by atoms with Crippen LogP contribution in [0.25, 0.3) is 0 Å². The van der Waals surface area contributed by atoms with E-state index >= 15 is 0 Å². The maximum absolute atomic E-state index is 11.4. The zero-order chi connectivity index (χ0) is 13.7. The standard InChI is InChI=1S/C11H11BrN2O4/c1-6(12)5-13-11(18)14-8-4-2-3-7(9(8)15)10(16)17/h2-4,15H,1,5H2,(H,16,17)(H2,13,14,18). The van der Waals surface area contributed by atoms with E-state index < -0.39 is 17.7 Å². The van der Waals surface area contributed by atoms with Crippen LogP contribution < -0.4 is 10.6 Å². The number of benzene rings is 1. The van der Waals surface area contributed by atoms with Gasteiger partial charge in [0.2, 0.25) is 0 Å². The summed E-state index contributed by atoms with van der Waals surface area (Å²) in [6.07, 6.45) is 0. The van der Waals surface area contributed by atoms with E-state index in [1.165, 1.54) is 18.2 Å². The first kappa shape index (κ1) is 14.0. The third-order valence-corrected chi connectivity index (χ3v) is 2.24. The number of anilines is 1. The van der Waals surface area contributed by atoms with Gasteiger partial charge in [-0.25, -0.2) is 9.59 Å². The monoisotopic (exact) mass is 314 g/mol. The number of aromatic carboxylic acids is 1. The van der Waals surface area contributed by atoms with Crippen molar-refractivity contribution >= 4 is 33.6 Å². The number of phenols is 1. The summed E-state index contributed by atoms with van der Waals surface area (Å²) < 4.78 is 0.584. The van der Waals surface area contributed by atoms with Crippen LogP contribution in [0.2, 0.25) is 0 Å². The molecule has 0 aliphatic rings. The van der Waals surface area contributed by atoms with Gasteiger partial charge in [-0.05, 0) is 12.1 Å². The lowest BCUT2D eigenvalue weighted by atomic mass is 10.2. The fourth-order valence-corrected chi connectivity index (χ4v) is 1.30. The van der Waals surface area contributed by atoms with E-state index in [1.54, 1.807) is 0 Å². The average Bonchev–Trinajstić information content (AvgIpc) is 2.29. The summed E-state index contributed by atoms with van der Waals surface area (Å²) in [5.41, 5.74) is -0.259. The summed E-state index contributed by atoms with van der Waals surface area (Å²) >= 11 is 3.07. The predicted molar refractivity (Wildman–Crippen MR) is 70.2 cm³/mol. The number of carbonyl (C=O) groups is 2. The highest BCUT2D eigenvalue weighted by Crippen LogP contribution is 2.27. The summed E-state index contributed by atoms with van der Waals surface area (Å²) in [6, 6.07) is 3.47. The maximum atomic E-state index is 11.4. The Morgan fingerprint density at radius 3 is 2.61 bits per heavy atom. The third kappa shape index (κ3) is 3.77. The van der Waals surface area contributed by atoms with Gasteiger partial charge in [-0.15, -0.1) is 0 Å². The Kier molecular flexibility index (Phi) is 4.73. The molecule has 4 N–H and O–H groups in total. The first-order chi connectivity index (χ1) is 8.41. The largest absolute Gasteiger partial charge is 0.505 e. The Bertz CT molecular complexity index is 502. The van der Waals surface area contributed by atoms with Gasteiger partial charge in [0.1, 0.15) is 5.56 Å². The number of aromatic hydroxyl groups is 1. The van der Waals surface area contributed by atoms with Gasteiger partial charge in [0.15, 0.2) is 5.75 Å². The van der Waals surface area contributed by atoms with E-state index in [0.29, 0.717) is 4.48 Å². The SMILES string of the molecule is C=C(Br)CNC(=O)Nc1cccc(C(=O)O)c1O. The Labute approximate surface area is 111 Å². The van der Waals surface area contributed by atoms with Crippen LogP contribution in [0.3, 0.4) is 0 Å². The molecule has 18 heavy (non-hydrogen) atoms. The number of amides is 2. The van der Waals surface area contributed by atoms with Crippen molar-refractivity contribution in [3.8, 4) is 5.75 Å². The third-order valence-electron chi connectivity index (χ3n) is 1.96. The highest BCUT2D eigenvalue weighted by atomic mass is 79.9. The lowest BCUT2D eigenvalue weighted by Gasteiger charge is -2.09. The van der Waals surface area contributed by atoms with Gasteiger partial charge in [-0.3, -0.25) is 0 Å². The summed E-state index contributed by atoms with van der Waals surface area (Å²) in [7, 11) is 0. The fraction of sp³-hybridized carbons (Fsp3) is 0.0909. The summed E-state index contributed by atoms with van der Waals surface area (Å²) in [4.78, 5) is 22.2. The summed E-state index contributed by atoms with van der Waals surface area (Å²) in [6.45, 7) is 3.75. The van der Waals surface area contributed by atoms with Gasteiger partial charge in [0.05, 0.1) is 12.2 Å². The van der Waals surface area contributed by atoms with Crippen LogP contribution >= 0.6 is 15.9 Å². The highest BCUT2D eigenvalue weighted by Gasteiger charge is 2.14. The predicted octanol–water partition coefficient (Wildman–Crippen LogP) is 2.12. The Morgan fingerprint density at radius 2 is 2.06 bits per heavy atom. The highest BCUT2D eigenvalue weighted by molar-refractivity contribution is 9.11. The first-order valence-corrected chi connectivity index (χ1v) is 5.64. The van der Waals surface area contributed by atoms with Gasteiger partial charge in [-0.1, -0.05) is 28.6 Å². The van der Waals surface area contributed by atoms with Gasteiger partial charge >= 0.3 is 12.0 Å². The molecule has 0 aromatic heterocycles. The van der Waals surface area contributed by atoms with Crippen LogP contribution in [0.15, 0.2) is 29.3 Å². The van der Waals surface area contributed by atoms with E-state index in [4.69, 9.17) is 5.11 Å². The summed E-state index contributed by atoms with van der Waals surface area (Å²) in [5.74, 6) is -1.76. The van der Waals surface area contributed by atoms with Gasteiger partial charge in [0, 0.05) is 4.48 Å².